The first-order chi connectivity index (χ1) is 6.15. The molecule has 1 fully saturated rings. The second kappa shape index (κ2) is 4.02. The highest BCUT2D eigenvalue weighted by molar-refractivity contribution is 6.06. The predicted octanol–water partition coefficient (Wildman–Crippen LogP) is -0.318. The van der Waals surface area contributed by atoms with Gasteiger partial charge in [-0.3, -0.25) is 14.4 Å². The molecule has 1 rings (SSSR count). The van der Waals surface area contributed by atoms with E-state index in [4.69, 9.17) is 0 Å². The van der Waals surface area contributed by atoms with E-state index in [0.29, 0.717) is 0 Å². The van der Waals surface area contributed by atoms with Crippen LogP contribution in [-0.4, -0.2) is 30.9 Å². The zero-order valence-corrected chi connectivity index (χ0v) is 7.24. The van der Waals surface area contributed by atoms with E-state index in [9.17, 15) is 14.4 Å². The Bertz CT molecular complexity index is 229. The zero-order chi connectivity index (χ0) is 9.84. The predicted molar refractivity (Wildman–Crippen MR) is 40.7 cm³/mol. The number of ketones is 1. The van der Waals surface area contributed by atoms with Gasteiger partial charge in [-0.25, -0.2) is 0 Å². The third-order valence-electron chi connectivity index (χ3n) is 1.71. The summed E-state index contributed by atoms with van der Waals surface area (Å²) >= 11 is 0. The SMILES string of the molecule is CCOC(=O)CC1C(=O)COC1=O. The molecule has 1 atom stereocenters. The second-order valence-electron chi connectivity index (χ2n) is 2.64. The molecule has 5 nitrogen and oxygen atoms in total. The number of ether oxygens (including phenoxy) is 2. The van der Waals surface area contributed by atoms with Crippen molar-refractivity contribution in [1.82, 2.24) is 0 Å². The Labute approximate surface area is 75.0 Å². The van der Waals surface area contributed by atoms with Gasteiger partial charge >= 0.3 is 11.9 Å². The van der Waals surface area contributed by atoms with Crippen LogP contribution in [0.25, 0.3) is 0 Å². The third-order valence-corrected chi connectivity index (χ3v) is 1.71. The smallest absolute Gasteiger partial charge is 0.317 e. The minimum atomic E-state index is -0.945. The van der Waals surface area contributed by atoms with Crippen LogP contribution in [0.2, 0.25) is 0 Å². The molecule has 0 aromatic heterocycles. The van der Waals surface area contributed by atoms with Gasteiger partial charge in [0, 0.05) is 0 Å². The molecular weight excluding hydrogens is 176 g/mol. The lowest BCUT2D eigenvalue weighted by atomic mass is 10.0. The average Bonchev–Trinajstić information content (AvgIpc) is 2.36. The lowest BCUT2D eigenvalue weighted by molar-refractivity contribution is -0.150. The lowest BCUT2D eigenvalue weighted by Crippen LogP contribution is -2.20. The van der Waals surface area contributed by atoms with Crippen LogP contribution in [-0.2, 0) is 23.9 Å². The number of esters is 2. The summed E-state index contributed by atoms with van der Waals surface area (Å²) in [6.07, 6.45) is -0.203. The van der Waals surface area contributed by atoms with E-state index >= 15 is 0 Å². The van der Waals surface area contributed by atoms with Crippen molar-refractivity contribution in [2.45, 2.75) is 13.3 Å². The summed E-state index contributed by atoms with van der Waals surface area (Å²) < 4.78 is 9.06. The summed E-state index contributed by atoms with van der Waals surface area (Å²) in [5.74, 6) is -2.46. The zero-order valence-electron chi connectivity index (χ0n) is 7.24. The second-order valence-corrected chi connectivity index (χ2v) is 2.64. The first kappa shape index (κ1) is 9.70. The fraction of sp³-hybridized carbons (Fsp3) is 0.625. The van der Waals surface area contributed by atoms with Crippen molar-refractivity contribution < 1.29 is 23.9 Å². The minimum absolute atomic E-state index is 0.203. The van der Waals surface area contributed by atoms with Crippen molar-refractivity contribution in [3.63, 3.8) is 0 Å². The number of hydrogen-bond acceptors (Lipinski definition) is 5. The quantitative estimate of drug-likeness (QED) is 0.446. The van der Waals surface area contributed by atoms with Crippen molar-refractivity contribution in [1.29, 1.82) is 0 Å². The van der Waals surface area contributed by atoms with E-state index in [0.717, 1.165) is 0 Å². The standard InChI is InChI=1S/C8H10O5/c1-2-12-7(10)3-5-6(9)4-13-8(5)11/h5H,2-4H2,1H3. The maximum absolute atomic E-state index is 11.0. The minimum Gasteiger partial charge on any atom is -0.466 e. The van der Waals surface area contributed by atoms with Gasteiger partial charge in [0.1, 0.15) is 5.92 Å². The van der Waals surface area contributed by atoms with Gasteiger partial charge in [0.05, 0.1) is 13.0 Å². The van der Waals surface area contributed by atoms with Gasteiger partial charge in [0.2, 0.25) is 0 Å². The first-order valence-electron chi connectivity index (χ1n) is 4.00. The summed E-state index contributed by atoms with van der Waals surface area (Å²) in [6.45, 7) is 1.68. The normalized spacial score (nSPS) is 21.5. The molecule has 0 amide bonds. The molecule has 0 radical (unpaired) electrons. The maximum atomic E-state index is 11.0. The molecule has 0 aliphatic carbocycles. The van der Waals surface area contributed by atoms with E-state index in [2.05, 4.69) is 9.47 Å². The van der Waals surface area contributed by atoms with E-state index < -0.39 is 17.9 Å². The first-order valence-corrected chi connectivity index (χ1v) is 4.00. The van der Waals surface area contributed by atoms with E-state index in [-0.39, 0.29) is 25.4 Å². The summed E-state index contributed by atoms with van der Waals surface area (Å²) in [5.41, 5.74) is 0. The maximum Gasteiger partial charge on any atom is 0.317 e. The largest absolute Gasteiger partial charge is 0.466 e. The van der Waals surface area contributed by atoms with Crippen molar-refractivity contribution in [3.8, 4) is 0 Å². The monoisotopic (exact) mass is 186 g/mol. The molecule has 72 valence electrons. The summed E-state index contributed by atoms with van der Waals surface area (Å²) in [4.78, 5) is 32.8. The Morgan fingerprint density at radius 3 is 2.77 bits per heavy atom. The molecule has 0 aromatic rings. The Morgan fingerprint density at radius 1 is 1.62 bits per heavy atom. The Hall–Kier alpha value is -1.39. The topological polar surface area (TPSA) is 69.7 Å². The highest BCUT2D eigenvalue weighted by Gasteiger charge is 2.37. The van der Waals surface area contributed by atoms with Crippen LogP contribution in [0.3, 0.4) is 0 Å². The van der Waals surface area contributed by atoms with Gasteiger partial charge < -0.3 is 9.47 Å². The molecule has 0 aromatic carbocycles. The number of hydrogen-bond donors (Lipinski definition) is 0. The molecule has 1 heterocycles. The average molecular weight is 186 g/mol. The van der Waals surface area contributed by atoms with Crippen LogP contribution in [0.4, 0.5) is 0 Å². The molecular formula is C8H10O5. The molecule has 1 unspecified atom stereocenters. The highest BCUT2D eigenvalue weighted by Crippen LogP contribution is 2.15. The number of cyclic esters (lactones) is 1. The van der Waals surface area contributed by atoms with Crippen molar-refractivity contribution in [3.05, 3.63) is 0 Å². The molecule has 5 heteroatoms. The van der Waals surface area contributed by atoms with Crippen molar-refractivity contribution in [2.75, 3.05) is 13.2 Å². The van der Waals surface area contributed by atoms with Crippen molar-refractivity contribution >= 4 is 17.7 Å². The summed E-state index contributed by atoms with van der Waals surface area (Å²) in [6, 6.07) is 0. The molecule has 1 aliphatic heterocycles. The molecule has 0 N–H and O–H groups in total. The highest BCUT2D eigenvalue weighted by atomic mass is 16.5. The van der Waals surface area contributed by atoms with E-state index in [1.165, 1.54) is 0 Å². The fourth-order valence-corrected chi connectivity index (χ4v) is 1.06. The number of carbonyl (C=O) groups excluding carboxylic acids is 3. The molecule has 0 saturated carbocycles. The molecule has 0 bridgehead atoms. The molecule has 1 saturated heterocycles. The van der Waals surface area contributed by atoms with Crippen LogP contribution < -0.4 is 0 Å². The Morgan fingerprint density at radius 2 is 2.31 bits per heavy atom. The Balaban J connectivity index is 2.48. The Kier molecular flexibility index (Phi) is 3.00. The summed E-state index contributed by atoms with van der Waals surface area (Å²) in [7, 11) is 0. The van der Waals surface area contributed by atoms with E-state index in [1.54, 1.807) is 6.92 Å². The molecule has 1 aliphatic rings. The third kappa shape index (κ3) is 2.27. The van der Waals surface area contributed by atoms with Gasteiger partial charge in [0.15, 0.2) is 12.4 Å². The lowest BCUT2D eigenvalue weighted by Gasteiger charge is -2.03. The van der Waals surface area contributed by atoms with Crippen LogP contribution in [0, 0.1) is 5.92 Å². The molecule has 0 spiro atoms. The van der Waals surface area contributed by atoms with Crippen LogP contribution in [0.15, 0.2) is 0 Å². The van der Waals surface area contributed by atoms with Crippen molar-refractivity contribution in [2.24, 2.45) is 5.92 Å². The van der Waals surface area contributed by atoms with Gasteiger partial charge in [0.25, 0.3) is 0 Å². The van der Waals surface area contributed by atoms with E-state index in [1.807, 2.05) is 0 Å². The summed E-state index contributed by atoms with van der Waals surface area (Å²) in [5, 5.41) is 0. The van der Waals surface area contributed by atoms with Crippen LogP contribution in [0.5, 0.6) is 0 Å². The fourth-order valence-electron chi connectivity index (χ4n) is 1.06. The van der Waals surface area contributed by atoms with Gasteiger partial charge in [-0.05, 0) is 6.92 Å². The van der Waals surface area contributed by atoms with Crippen LogP contribution >= 0.6 is 0 Å². The molecule has 13 heavy (non-hydrogen) atoms. The number of Topliss-reactive ketones (excluding diaryl/α,β-unsaturated/α-hetero) is 1. The number of carbonyl (C=O) groups is 3. The van der Waals surface area contributed by atoms with Gasteiger partial charge in [-0.2, -0.15) is 0 Å². The van der Waals surface area contributed by atoms with Gasteiger partial charge in [-0.1, -0.05) is 0 Å². The number of rotatable bonds is 3. The van der Waals surface area contributed by atoms with Crippen LogP contribution in [0.1, 0.15) is 13.3 Å². The van der Waals surface area contributed by atoms with Gasteiger partial charge in [-0.15, -0.1) is 0 Å².